The van der Waals surface area contributed by atoms with Gasteiger partial charge in [-0.1, -0.05) is 90.7 Å². The largest absolute Gasteiger partial charge is 0.493 e. The number of aliphatic hydroxyl groups is 1. The van der Waals surface area contributed by atoms with Crippen molar-refractivity contribution in [3.05, 3.63) is 194 Å². The first-order valence-corrected chi connectivity index (χ1v) is 24.7. The summed E-state index contributed by atoms with van der Waals surface area (Å²) in [5.41, 5.74) is 7.02. The molecule has 77 heavy (non-hydrogen) atoms. The summed E-state index contributed by atoms with van der Waals surface area (Å²) in [6.45, 7) is -0.954. The maximum absolute atomic E-state index is 16.9. The first kappa shape index (κ1) is 51.2. The van der Waals surface area contributed by atoms with Gasteiger partial charge in [-0.2, -0.15) is 0 Å². The molecule has 0 aromatic heterocycles. The van der Waals surface area contributed by atoms with Crippen molar-refractivity contribution in [3.63, 3.8) is 0 Å². The van der Waals surface area contributed by atoms with E-state index in [1.807, 2.05) is 71.6 Å². The number of amides is 5. The third-order valence-corrected chi connectivity index (χ3v) is 14.6. The van der Waals surface area contributed by atoms with Gasteiger partial charge < -0.3 is 44.7 Å². The van der Waals surface area contributed by atoms with Crippen molar-refractivity contribution in [3.8, 4) is 29.1 Å². The van der Waals surface area contributed by atoms with E-state index in [1.165, 1.54) is 44.6 Å². The lowest BCUT2D eigenvalue weighted by Gasteiger charge is -2.46. The predicted molar refractivity (Wildman–Crippen MR) is 277 cm³/mol. The number of methoxy groups -OCH3 is 2. The fourth-order valence-electron chi connectivity index (χ4n) is 11.4. The molecule has 0 unspecified atom stereocenters. The zero-order valence-corrected chi connectivity index (χ0v) is 41.8. The van der Waals surface area contributed by atoms with E-state index in [4.69, 9.17) is 29.4 Å². The number of rotatable bonds is 13. The van der Waals surface area contributed by atoms with Crippen LogP contribution in [-0.2, 0) is 48.8 Å². The lowest BCUT2D eigenvalue weighted by molar-refractivity contribution is -0.384. The summed E-state index contributed by atoms with van der Waals surface area (Å²) < 4.78 is 30.2. The Morgan fingerprint density at radius 3 is 2.19 bits per heavy atom. The fraction of sp³-hybridized carbons (Fsp3) is 0.259. The zero-order valence-electron chi connectivity index (χ0n) is 41.8. The second-order valence-corrected chi connectivity index (χ2v) is 18.7. The van der Waals surface area contributed by atoms with Crippen LogP contribution in [0.3, 0.4) is 0 Å². The van der Waals surface area contributed by atoms with E-state index < -0.39 is 77.0 Å². The van der Waals surface area contributed by atoms with E-state index >= 15 is 19.2 Å². The first-order valence-electron chi connectivity index (χ1n) is 24.7. The monoisotopic (exact) mass is 1040 g/mol. The number of hydrogen-bond donors (Lipinski definition) is 3. The van der Waals surface area contributed by atoms with Gasteiger partial charge in [-0.3, -0.25) is 29.4 Å². The summed E-state index contributed by atoms with van der Waals surface area (Å²) in [6.07, 6.45) is -1.82. The molecule has 0 saturated carbocycles. The highest BCUT2D eigenvalue weighted by Crippen LogP contribution is 2.67. The average molecular weight is 1040 g/mol. The van der Waals surface area contributed by atoms with Crippen LogP contribution in [0, 0.1) is 27.9 Å². The number of nitrogens with one attached hydrogen (secondary N) is 1. The van der Waals surface area contributed by atoms with Crippen LogP contribution < -0.4 is 30.2 Å². The number of nitrogens with two attached hydrogens (primary N) is 1. The Balaban J connectivity index is 1.25. The van der Waals surface area contributed by atoms with Crippen molar-refractivity contribution >= 4 is 41.3 Å². The molecule has 6 aromatic carbocycles. The van der Waals surface area contributed by atoms with Gasteiger partial charge in [-0.25, -0.2) is 14.5 Å². The number of ether oxygens (including phenoxy) is 5. The maximum atomic E-state index is 16.9. The number of primary amides is 1. The van der Waals surface area contributed by atoms with Crippen molar-refractivity contribution in [1.29, 1.82) is 0 Å². The van der Waals surface area contributed by atoms with Gasteiger partial charge in [-0.05, 0) is 88.3 Å². The number of para-hydroxylation sites is 1. The standard InChI is InChI=1S/C58H52N6O13/c1-73-46-31-39-25-27-61(33-40(39)32-47(46)74-2)53(66)48-50-54(67)77-51(38-15-7-4-8-16-38)49(37-13-5-3-6-14-37)63(50)52(42-17-9-10-18-45(42)75-29-28-65)58(48)43-30-35(12-11-26-60-56(59)69)21-24-44(43)62(55(58)68)57(70)76-34-36-19-22-41(23-20-36)64(71)72/h3-10,13-24,30-32,48-52,65H,25-29,33-34H2,1-2H3,(H3,59,60,69)/t48-,49-,50-,51+,52+,58-/m0/s1. The highest BCUT2D eigenvalue weighted by Gasteiger charge is 2.76. The quantitative estimate of drug-likeness (QED) is 0.0479. The Morgan fingerprint density at radius 1 is 0.844 bits per heavy atom. The van der Waals surface area contributed by atoms with Gasteiger partial charge in [0.2, 0.25) is 11.8 Å². The number of carbonyl (C=O) groups is 5. The summed E-state index contributed by atoms with van der Waals surface area (Å²) >= 11 is 0. The molecule has 4 heterocycles. The SMILES string of the molecule is COc1cc2c(cc1OC)CN(C(=O)[C@@H]1[C@H]3C(=O)O[C@H](c4ccccc4)[C@H](c4ccccc4)N3[C@H](c3ccccc3OCCO)[C@@]13C(=O)N(C(=O)OCc1ccc([N+](=O)[O-])cc1)c1ccc(C#CCNC(N)=O)cc13)CC2. The van der Waals surface area contributed by atoms with E-state index in [-0.39, 0.29) is 55.5 Å². The van der Waals surface area contributed by atoms with Gasteiger partial charge in [-0.15, -0.1) is 0 Å². The Hall–Kier alpha value is -9.25. The summed E-state index contributed by atoms with van der Waals surface area (Å²) in [4.78, 5) is 91.3. The zero-order chi connectivity index (χ0) is 54.0. The minimum absolute atomic E-state index is 0.0194. The molecule has 5 amide bonds. The van der Waals surface area contributed by atoms with Crippen LogP contribution >= 0.6 is 0 Å². The number of hydrogen-bond acceptors (Lipinski definition) is 14. The lowest BCUT2D eigenvalue weighted by Crippen LogP contribution is -2.57. The number of nitrogens with zero attached hydrogens (tertiary/aromatic N) is 4. The molecule has 0 aliphatic carbocycles. The summed E-state index contributed by atoms with van der Waals surface area (Å²) in [7, 11) is 3.04. The highest BCUT2D eigenvalue weighted by atomic mass is 16.6. The van der Waals surface area contributed by atoms with Gasteiger partial charge in [0, 0.05) is 36.3 Å². The van der Waals surface area contributed by atoms with E-state index in [9.17, 15) is 20.0 Å². The van der Waals surface area contributed by atoms with Crippen LogP contribution in [-0.4, -0.2) is 96.3 Å². The highest BCUT2D eigenvalue weighted by molar-refractivity contribution is 6.23. The predicted octanol–water partition coefficient (Wildman–Crippen LogP) is 6.59. The van der Waals surface area contributed by atoms with Crippen molar-refractivity contribution in [2.24, 2.45) is 11.7 Å². The number of benzene rings is 6. The van der Waals surface area contributed by atoms with Crippen molar-refractivity contribution < 1.29 is 57.7 Å². The second kappa shape index (κ2) is 21.5. The third kappa shape index (κ3) is 9.27. The molecule has 6 aromatic rings. The van der Waals surface area contributed by atoms with E-state index in [2.05, 4.69) is 17.2 Å². The Morgan fingerprint density at radius 2 is 1.52 bits per heavy atom. The number of nitro benzene ring substituents is 1. The molecule has 4 aliphatic heterocycles. The Bertz CT molecular complexity index is 3350. The minimum atomic E-state index is -2.25. The van der Waals surface area contributed by atoms with Crippen molar-refractivity contribution in [2.45, 2.75) is 49.2 Å². The molecule has 1 spiro atoms. The van der Waals surface area contributed by atoms with E-state index in [1.54, 1.807) is 47.4 Å². The number of imide groups is 1. The van der Waals surface area contributed by atoms with Crippen LogP contribution in [0.25, 0.3) is 0 Å². The van der Waals surface area contributed by atoms with Gasteiger partial charge in [0.05, 0.1) is 56.0 Å². The van der Waals surface area contributed by atoms with Crippen molar-refractivity contribution in [1.82, 2.24) is 15.1 Å². The number of aliphatic hydroxyl groups excluding tert-OH is 1. The lowest BCUT2D eigenvalue weighted by atomic mass is 9.64. The van der Waals surface area contributed by atoms with Gasteiger partial charge in [0.15, 0.2) is 11.5 Å². The molecule has 392 valence electrons. The van der Waals surface area contributed by atoms with Gasteiger partial charge >= 0.3 is 18.1 Å². The maximum Gasteiger partial charge on any atom is 0.421 e. The fourth-order valence-corrected chi connectivity index (χ4v) is 11.4. The Labute approximate surface area is 442 Å². The molecule has 4 aliphatic rings. The van der Waals surface area contributed by atoms with Crippen LogP contribution in [0.4, 0.5) is 21.0 Å². The van der Waals surface area contributed by atoms with Gasteiger partial charge in [0.1, 0.15) is 36.5 Å². The number of anilines is 1. The smallest absolute Gasteiger partial charge is 0.421 e. The molecule has 4 N–H and O–H groups in total. The normalized spacial score (nSPS) is 21.2. The molecule has 10 rings (SSSR count). The van der Waals surface area contributed by atoms with Crippen LogP contribution in [0.15, 0.2) is 140 Å². The minimum Gasteiger partial charge on any atom is -0.493 e. The number of urea groups is 1. The number of nitro groups is 1. The molecule has 6 atom stereocenters. The summed E-state index contributed by atoms with van der Waals surface area (Å²) in [6, 6.07) is 34.4. The number of cyclic esters (lactones) is 1. The third-order valence-electron chi connectivity index (χ3n) is 14.6. The number of esters is 1. The molecule has 0 radical (unpaired) electrons. The molecule has 2 fully saturated rings. The second-order valence-electron chi connectivity index (χ2n) is 18.7. The summed E-state index contributed by atoms with van der Waals surface area (Å²) in [5, 5.41) is 24.1. The number of carbonyl (C=O) groups excluding carboxylic acids is 5. The number of morpholine rings is 1. The van der Waals surface area contributed by atoms with Crippen molar-refractivity contribution in [2.75, 3.05) is 45.4 Å². The van der Waals surface area contributed by atoms with E-state index in [0.717, 1.165) is 16.0 Å². The molecular formula is C58H52N6O13. The van der Waals surface area contributed by atoms with Crippen LogP contribution in [0.1, 0.15) is 62.7 Å². The molecular weight excluding hydrogens is 989 g/mol. The topological polar surface area (TPSA) is 243 Å². The number of non-ortho nitro benzene ring substituents is 1. The molecule has 19 heteroatoms. The van der Waals surface area contributed by atoms with Gasteiger partial charge in [0.25, 0.3) is 5.69 Å². The summed E-state index contributed by atoms with van der Waals surface area (Å²) in [5.74, 6) is 3.05. The van der Waals surface area contributed by atoms with Crippen LogP contribution in [0.5, 0.6) is 17.2 Å². The molecule has 19 nitrogen and oxygen atoms in total. The molecule has 2 saturated heterocycles. The first-order chi connectivity index (χ1) is 37.4. The van der Waals surface area contributed by atoms with E-state index in [0.29, 0.717) is 45.7 Å². The van der Waals surface area contributed by atoms with Crippen LogP contribution in [0.2, 0.25) is 0 Å². The average Bonchev–Trinajstić information content (AvgIpc) is 3.79. The molecule has 0 bridgehead atoms. The number of fused-ring (bicyclic) bond motifs is 4. The Kier molecular flexibility index (Phi) is 14.3.